The van der Waals surface area contributed by atoms with Crippen molar-refractivity contribution in [2.45, 2.75) is 17.2 Å². The summed E-state index contributed by atoms with van der Waals surface area (Å²) in [6.45, 7) is 1.84. The third-order valence-electron chi connectivity index (χ3n) is 1.38. The van der Waals surface area contributed by atoms with E-state index in [4.69, 9.17) is 10.9 Å². The summed E-state index contributed by atoms with van der Waals surface area (Å²) in [5.41, 5.74) is 5.40. The first-order valence-corrected chi connectivity index (χ1v) is 4.52. The van der Waals surface area contributed by atoms with Crippen LogP contribution in [0.15, 0.2) is 28.8 Å². The molecular weight excluding hydrogens is 188 g/mol. The number of nitrogens with zero attached hydrogens (tertiary/aromatic N) is 3. The molecule has 0 saturated carbocycles. The van der Waals surface area contributed by atoms with E-state index in [-0.39, 0.29) is 11.1 Å². The molecule has 13 heavy (non-hydrogen) atoms. The number of aromatic nitrogens is 2. The Morgan fingerprint density at radius 2 is 2.54 bits per heavy atom. The second-order valence-electron chi connectivity index (χ2n) is 2.33. The highest BCUT2D eigenvalue weighted by Crippen LogP contribution is 2.19. The molecule has 6 heteroatoms. The van der Waals surface area contributed by atoms with Gasteiger partial charge in [-0.15, -0.1) is 0 Å². The van der Waals surface area contributed by atoms with Crippen molar-refractivity contribution >= 4 is 17.6 Å². The minimum Gasteiger partial charge on any atom is -0.409 e. The zero-order chi connectivity index (χ0) is 9.68. The van der Waals surface area contributed by atoms with Gasteiger partial charge in [-0.2, -0.15) is 0 Å². The van der Waals surface area contributed by atoms with Crippen LogP contribution < -0.4 is 5.73 Å². The Kier molecular flexibility index (Phi) is 3.51. The van der Waals surface area contributed by atoms with Gasteiger partial charge in [0.15, 0.2) is 5.84 Å². The summed E-state index contributed by atoms with van der Waals surface area (Å²) in [6, 6.07) is 1.77. The van der Waals surface area contributed by atoms with E-state index in [1.165, 1.54) is 18.1 Å². The van der Waals surface area contributed by atoms with Crippen molar-refractivity contribution in [1.82, 2.24) is 9.97 Å². The number of oxime groups is 1. The molecule has 0 fully saturated rings. The van der Waals surface area contributed by atoms with Gasteiger partial charge in [0.05, 0.1) is 5.25 Å². The number of hydrogen-bond donors (Lipinski definition) is 2. The summed E-state index contributed by atoms with van der Waals surface area (Å²) >= 11 is 1.41. The second-order valence-corrected chi connectivity index (χ2v) is 3.69. The normalized spacial score (nSPS) is 14.1. The van der Waals surface area contributed by atoms with Crippen LogP contribution >= 0.6 is 11.8 Å². The number of rotatable bonds is 3. The van der Waals surface area contributed by atoms with Crippen molar-refractivity contribution in [1.29, 1.82) is 0 Å². The van der Waals surface area contributed by atoms with Crippen LogP contribution in [0.25, 0.3) is 0 Å². The fourth-order valence-electron chi connectivity index (χ4n) is 0.671. The highest BCUT2D eigenvalue weighted by atomic mass is 32.2. The lowest BCUT2D eigenvalue weighted by Crippen LogP contribution is -2.23. The minimum absolute atomic E-state index is 0.0973. The van der Waals surface area contributed by atoms with Gasteiger partial charge in [-0.25, -0.2) is 9.97 Å². The fraction of sp³-hybridized carbons (Fsp3) is 0.286. The van der Waals surface area contributed by atoms with Gasteiger partial charge >= 0.3 is 0 Å². The predicted molar refractivity (Wildman–Crippen MR) is 50.8 cm³/mol. The second kappa shape index (κ2) is 4.66. The van der Waals surface area contributed by atoms with Crippen molar-refractivity contribution in [3.05, 3.63) is 18.6 Å². The van der Waals surface area contributed by atoms with Crippen LogP contribution in [0.1, 0.15) is 6.92 Å². The van der Waals surface area contributed by atoms with E-state index >= 15 is 0 Å². The largest absolute Gasteiger partial charge is 0.409 e. The van der Waals surface area contributed by atoms with Gasteiger partial charge in [0.1, 0.15) is 11.4 Å². The molecule has 1 rings (SSSR count). The molecule has 0 aliphatic heterocycles. The smallest absolute Gasteiger partial charge is 0.152 e. The molecule has 0 aliphatic carbocycles. The molecule has 1 unspecified atom stereocenters. The van der Waals surface area contributed by atoms with E-state index in [0.717, 1.165) is 5.03 Å². The Morgan fingerprint density at radius 3 is 3.08 bits per heavy atom. The Balaban J connectivity index is 2.60. The van der Waals surface area contributed by atoms with E-state index in [1.54, 1.807) is 12.3 Å². The molecule has 0 aliphatic rings. The van der Waals surface area contributed by atoms with Crippen LogP contribution in [-0.2, 0) is 0 Å². The van der Waals surface area contributed by atoms with Gasteiger partial charge in [-0.1, -0.05) is 16.9 Å². The molecule has 1 atom stereocenters. The highest BCUT2D eigenvalue weighted by Gasteiger charge is 2.09. The topological polar surface area (TPSA) is 84.4 Å². The molecule has 0 radical (unpaired) electrons. The molecule has 0 amide bonds. The van der Waals surface area contributed by atoms with Crippen LogP contribution in [0.5, 0.6) is 0 Å². The number of thioether (sulfide) groups is 1. The molecule has 0 spiro atoms. The third kappa shape index (κ3) is 2.90. The monoisotopic (exact) mass is 198 g/mol. The molecule has 5 nitrogen and oxygen atoms in total. The summed E-state index contributed by atoms with van der Waals surface area (Å²) < 4.78 is 0. The summed E-state index contributed by atoms with van der Waals surface area (Å²) in [7, 11) is 0. The van der Waals surface area contributed by atoms with Gasteiger partial charge < -0.3 is 10.9 Å². The lowest BCUT2D eigenvalue weighted by atomic mass is 10.4. The fourth-order valence-corrected chi connectivity index (χ4v) is 1.45. The summed E-state index contributed by atoms with van der Waals surface area (Å²) in [4.78, 5) is 7.78. The maximum Gasteiger partial charge on any atom is 0.152 e. The third-order valence-corrected chi connectivity index (χ3v) is 2.46. The van der Waals surface area contributed by atoms with E-state index < -0.39 is 0 Å². The van der Waals surface area contributed by atoms with Crippen molar-refractivity contribution in [3.63, 3.8) is 0 Å². The zero-order valence-corrected chi connectivity index (χ0v) is 7.90. The quantitative estimate of drug-likeness (QED) is 0.186. The van der Waals surface area contributed by atoms with Crippen molar-refractivity contribution in [3.8, 4) is 0 Å². The summed E-state index contributed by atoms with van der Waals surface area (Å²) in [5, 5.41) is 12.0. The molecule has 1 aromatic heterocycles. The van der Waals surface area contributed by atoms with Gasteiger partial charge in [0, 0.05) is 6.20 Å². The molecule has 3 N–H and O–H groups in total. The number of amidine groups is 1. The molecule has 70 valence electrons. The SMILES string of the molecule is CC(Sc1ccncn1)C(N)=NO. The molecule has 0 saturated heterocycles. The first-order chi connectivity index (χ1) is 6.24. The van der Waals surface area contributed by atoms with Gasteiger partial charge in [0.25, 0.3) is 0 Å². The highest BCUT2D eigenvalue weighted by molar-refractivity contribution is 8.00. The van der Waals surface area contributed by atoms with Crippen molar-refractivity contribution in [2.24, 2.45) is 10.9 Å². The van der Waals surface area contributed by atoms with Crippen LogP contribution in [-0.4, -0.2) is 26.3 Å². The van der Waals surface area contributed by atoms with Crippen LogP contribution in [0.3, 0.4) is 0 Å². The Hall–Kier alpha value is -1.30. The van der Waals surface area contributed by atoms with E-state index in [1.807, 2.05) is 6.92 Å². The van der Waals surface area contributed by atoms with Gasteiger partial charge in [0.2, 0.25) is 0 Å². The van der Waals surface area contributed by atoms with Gasteiger partial charge in [-0.05, 0) is 13.0 Å². The van der Waals surface area contributed by atoms with Crippen molar-refractivity contribution in [2.75, 3.05) is 0 Å². The first kappa shape index (κ1) is 9.79. The summed E-state index contributed by atoms with van der Waals surface area (Å²) in [6.07, 6.45) is 3.11. The number of nitrogens with two attached hydrogens (primary N) is 1. The lowest BCUT2D eigenvalue weighted by molar-refractivity contribution is 0.317. The maximum absolute atomic E-state index is 8.40. The lowest BCUT2D eigenvalue weighted by Gasteiger charge is -2.07. The maximum atomic E-state index is 8.40. The average molecular weight is 198 g/mol. The molecule has 1 heterocycles. The van der Waals surface area contributed by atoms with Crippen LogP contribution in [0.4, 0.5) is 0 Å². The standard InChI is InChI=1S/C7H10N4OS/c1-5(7(8)11-12)13-6-2-3-9-4-10-6/h2-5,12H,1H3,(H2,8,11). The Bertz CT molecular complexity index is 290. The summed E-state index contributed by atoms with van der Waals surface area (Å²) in [5.74, 6) is 0.184. The van der Waals surface area contributed by atoms with E-state index in [2.05, 4.69) is 15.1 Å². The average Bonchev–Trinajstić information content (AvgIpc) is 2.18. The Morgan fingerprint density at radius 1 is 1.77 bits per heavy atom. The Labute approximate surface area is 80.1 Å². The molecule has 1 aromatic rings. The zero-order valence-electron chi connectivity index (χ0n) is 7.08. The van der Waals surface area contributed by atoms with Crippen molar-refractivity contribution < 1.29 is 5.21 Å². The van der Waals surface area contributed by atoms with E-state index in [0.29, 0.717) is 0 Å². The number of hydrogen-bond acceptors (Lipinski definition) is 5. The first-order valence-electron chi connectivity index (χ1n) is 3.64. The predicted octanol–water partition coefficient (Wildman–Crippen LogP) is 0.704. The van der Waals surface area contributed by atoms with Crippen LogP contribution in [0.2, 0.25) is 0 Å². The van der Waals surface area contributed by atoms with E-state index in [9.17, 15) is 0 Å². The minimum atomic E-state index is -0.0973. The van der Waals surface area contributed by atoms with Gasteiger partial charge in [-0.3, -0.25) is 0 Å². The molecular formula is C7H10N4OS. The van der Waals surface area contributed by atoms with Crippen LogP contribution in [0, 0.1) is 0 Å². The molecule has 0 aromatic carbocycles. The molecule has 0 bridgehead atoms.